The summed E-state index contributed by atoms with van der Waals surface area (Å²) >= 11 is 0. The molecule has 0 aliphatic rings. The molecular formula is C6H8F2N2O. The molecule has 0 radical (unpaired) electrons. The summed E-state index contributed by atoms with van der Waals surface area (Å²) in [6.07, 6.45) is -3.28. The van der Waals surface area contributed by atoms with Crippen LogP contribution in [-0.4, -0.2) is 21.5 Å². The van der Waals surface area contributed by atoms with Crippen molar-refractivity contribution in [1.29, 1.82) is 0 Å². The monoisotopic (exact) mass is 162 g/mol. The summed E-state index contributed by atoms with van der Waals surface area (Å²) in [7, 11) is 0. The van der Waals surface area contributed by atoms with Gasteiger partial charge in [-0.05, 0) is 6.92 Å². The van der Waals surface area contributed by atoms with Crippen LogP contribution < -0.4 is 0 Å². The van der Waals surface area contributed by atoms with Crippen LogP contribution in [0.15, 0.2) is 6.33 Å². The smallest absolute Gasteiger partial charge is 0.269 e. The van der Waals surface area contributed by atoms with E-state index in [-0.39, 0.29) is 5.69 Å². The molecule has 11 heavy (non-hydrogen) atoms. The number of nitrogens with one attached hydrogen (secondary N) is 1. The highest BCUT2D eigenvalue weighted by Gasteiger charge is 2.22. The molecule has 0 amide bonds. The van der Waals surface area contributed by atoms with E-state index >= 15 is 0 Å². The Hall–Kier alpha value is -0.970. The second-order valence-electron chi connectivity index (χ2n) is 2.19. The van der Waals surface area contributed by atoms with Gasteiger partial charge in [0.2, 0.25) is 0 Å². The molecule has 1 rings (SSSR count). The fourth-order valence-electron chi connectivity index (χ4n) is 0.787. The van der Waals surface area contributed by atoms with Crippen molar-refractivity contribution in [2.45, 2.75) is 19.5 Å². The first kappa shape index (κ1) is 8.13. The van der Waals surface area contributed by atoms with Gasteiger partial charge in [0, 0.05) is 5.69 Å². The van der Waals surface area contributed by atoms with E-state index in [0.717, 1.165) is 0 Å². The number of nitrogens with zero attached hydrogens (tertiary/aromatic N) is 1. The third-order valence-electron chi connectivity index (χ3n) is 1.39. The van der Waals surface area contributed by atoms with Crippen molar-refractivity contribution in [3.63, 3.8) is 0 Å². The Morgan fingerprint density at radius 1 is 1.64 bits per heavy atom. The Kier molecular flexibility index (Phi) is 2.19. The molecule has 0 aliphatic carbocycles. The summed E-state index contributed by atoms with van der Waals surface area (Å²) < 4.78 is 23.7. The third kappa shape index (κ3) is 1.54. The lowest BCUT2D eigenvalue weighted by Crippen LogP contribution is -2.09. The summed E-state index contributed by atoms with van der Waals surface area (Å²) in [4.78, 5) is 6.15. The molecule has 0 bridgehead atoms. The second-order valence-corrected chi connectivity index (χ2v) is 2.19. The van der Waals surface area contributed by atoms with Gasteiger partial charge in [-0.3, -0.25) is 0 Å². The van der Waals surface area contributed by atoms with Crippen LogP contribution >= 0.6 is 0 Å². The molecule has 1 atom stereocenters. The minimum absolute atomic E-state index is 0.0139. The van der Waals surface area contributed by atoms with Gasteiger partial charge in [0.25, 0.3) is 6.43 Å². The van der Waals surface area contributed by atoms with Crippen LogP contribution in [0.2, 0.25) is 0 Å². The molecule has 0 aromatic carbocycles. The van der Waals surface area contributed by atoms with Gasteiger partial charge in [-0.25, -0.2) is 13.8 Å². The van der Waals surface area contributed by atoms with Crippen molar-refractivity contribution in [2.75, 3.05) is 0 Å². The number of H-pyrrole nitrogens is 1. The van der Waals surface area contributed by atoms with Crippen LogP contribution in [0.3, 0.4) is 0 Å². The molecule has 62 valence electrons. The average molecular weight is 162 g/mol. The second kappa shape index (κ2) is 2.96. The zero-order valence-corrected chi connectivity index (χ0v) is 5.88. The molecule has 1 aromatic rings. The molecule has 3 nitrogen and oxygen atoms in total. The minimum Gasteiger partial charge on any atom is -0.381 e. The molecule has 0 aliphatic heterocycles. The predicted molar refractivity (Wildman–Crippen MR) is 34.3 cm³/mol. The van der Waals surface area contributed by atoms with E-state index in [1.165, 1.54) is 6.33 Å². The molecule has 1 aromatic heterocycles. The number of rotatable bonds is 2. The fraction of sp³-hybridized carbons (Fsp3) is 0.500. The molecule has 1 heterocycles. The van der Waals surface area contributed by atoms with Gasteiger partial charge in [0.15, 0.2) is 6.10 Å². The maximum absolute atomic E-state index is 11.9. The molecular weight excluding hydrogens is 154 g/mol. The van der Waals surface area contributed by atoms with Crippen LogP contribution in [0.4, 0.5) is 8.78 Å². The molecule has 1 unspecified atom stereocenters. The zero-order chi connectivity index (χ0) is 8.43. The zero-order valence-electron chi connectivity index (χ0n) is 5.88. The van der Waals surface area contributed by atoms with Crippen molar-refractivity contribution >= 4 is 0 Å². The van der Waals surface area contributed by atoms with E-state index in [1.54, 1.807) is 6.92 Å². The van der Waals surface area contributed by atoms with Crippen LogP contribution in [0.25, 0.3) is 0 Å². The number of aliphatic hydroxyl groups excluding tert-OH is 1. The van der Waals surface area contributed by atoms with Gasteiger partial charge in [-0.15, -0.1) is 0 Å². The van der Waals surface area contributed by atoms with Crippen molar-refractivity contribution in [1.82, 2.24) is 9.97 Å². The highest BCUT2D eigenvalue weighted by molar-refractivity contribution is 5.12. The normalized spacial score (nSPS) is 13.9. The Balaban J connectivity index is 2.84. The van der Waals surface area contributed by atoms with Crippen molar-refractivity contribution in [3.8, 4) is 0 Å². The van der Waals surface area contributed by atoms with Gasteiger partial charge in [0.1, 0.15) is 0 Å². The Morgan fingerprint density at radius 3 is 2.64 bits per heavy atom. The number of aryl methyl sites for hydroxylation is 1. The number of alkyl halides is 2. The van der Waals surface area contributed by atoms with E-state index in [1.807, 2.05) is 0 Å². The number of imidazole rings is 1. The minimum atomic E-state index is -2.78. The van der Waals surface area contributed by atoms with Gasteiger partial charge in [-0.2, -0.15) is 0 Å². The number of aromatic amines is 1. The third-order valence-corrected chi connectivity index (χ3v) is 1.39. The quantitative estimate of drug-likeness (QED) is 0.682. The lowest BCUT2D eigenvalue weighted by Gasteiger charge is -2.06. The van der Waals surface area contributed by atoms with Crippen LogP contribution in [0.5, 0.6) is 0 Å². The van der Waals surface area contributed by atoms with E-state index in [9.17, 15) is 8.78 Å². The van der Waals surface area contributed by atoms with E-state index in [0.29, 0.717) is 5.69 Å². The first-order valence-corrected chi connectivity index (χ1v) is 3.09. The summed E-state index contributed by atoms with van der Waals surface area (Å²) in [6, 6.07) is 0. The van der Waals surface area contributed by atoms with Gasteiger partial charge < -0.3 is 10.1 Å². The van der Waals surface area contributed by atoms with E-state index in [2.05, 4.69) is 9.97 Å². The van der Waals surface area contributed by atoms with Crippen molar-refractivity contribution in [2.24, 2.45) is 0 Å². The Morgan fingerprint density at radius 2 is 2.27 bits per heavy atom. The lowest BCUT2D eigenvalue weighted by atomic mass is 10.2. The maximum atomic E-state index is 11.9. The summed E-state index contributed by atoms with van der Waals surface area (Å²) in [5, 5.41) is 8.84. The first-order valence-electron chi connectivity index (χ1n) is 3.09. The predicted octanol–water partition coefficient (Wildman–Crippen LogP) is 1.02. The number of aromatic nitrogens is 2. The first-order chi connectivity index (χ1) is 5.13. The number of aliphatic hydroxyl groups is 1. The van der Waals surface area contributed by atoms with Crippen LogP contribution in [0.1, 0.15) is 17.5 Å². The maximum Gasteiger partial charge on any atom is 0.269 e. The highest BCUT2D eigenvalue weighted by atomic mass is 19.3. The number of hydrogen-bond acceptors (Lipinski definition) is 2. The molecule has 0 fully saturated rings. The van der Waals surface area contributed by atoms with E-state index < -0.39 is 12.5 Å². The molecule has 0 saturated carbocycles. The van der Waals surface area contributed by atoms with Crippen LogP contribution in [-0.2, 0) is 0 Å². The fourth-order valence-corrected chi connectivity index (χ4v) is 0.787. The summed E-state index contributed by atoms with van der Waals surface area (Å²) in [6.45, 7) is 1.58. The van der Waals surface area contributed by atoms with E-state index in [4.69, 9.17) is 5.11 Å². The number of halogens is 2. The van der Waals surface area contributed by atoms with Gasteiger partial charge in [0.05, 0.1) is 12.0 Å². The SMILES string of the molecule is Cc1[nH]cnc1C(O)C(F)F. The number of hydrogen-bond donors (Lipinski definition) is 2. The summed E-state index contributed by atoms with van der Waals surface area (Å²) in [5.41, 5.74) is 0.484. The van der Waals surface area contributed by atoms with Crippen molar-refractivity contribution in [3.05, 3.63) is 17.7 Å². The highest BCUT2D eigenvalue weighted by Crippen LogP contribution is 2.19. The lowest BCUT2D eigenvalue weighted by molar-refractivity contribution is -0.00835. The summed E-state index contributed by atoms with van der Waals surface area (Å²) in [5.74, 6) is 0. The molecule has 0 spiro atoms. The topological polar surface area (TPSA) is 48.9 Å². The largest absolute Gasteiger partial charge is 0.381 e. The van der Waals surface area contributed by atoms with Gasteiger partial charge in [-0.1, -0.05) is 0 Å². The Labute approximate surface area is 62.1 Å². The van der Waals surface area contributed by atoms with Crippen LogP contribution in [0, 0.1) is 6.92 Å². The van der Waals surface area contributed by atoms with Crippen molar-refractivity contribution < 1.29 is 13.9 Å². The standard InChI is InChI=1S/C6H8F2N2O/c1-3-4(10-2-9-3)5(11)6(7)8/h2,5-6,11H,1H3,(H,9,10). The average Bonchev–Trinajstić information content (AvgIpc) is 2.33. The molecule has 0 saturated heterocycles. The molecule has 2 N–H and O–H groups in total. The Bertz CT molecular complexity index is 236. The van der Waals surface area contributed by atoms with Gasteiger partial charge >= 0.3 is 0 Å². The molecule has 5 heteroatoms.